The van der Waals surface area contributed by atoms with E-state index in [1.165, 1.54) is 22.2 Å². The van der Waals surface area contributed by atoms with Gasteiger partial charge in [-0.15, -0.1) is 0 Å². The van der Waals surface area contributed by atoms with E-state index in [-0.39, 0.29) is 0 Å². The molecule has 0 spiro atoms. The Balaban J connectivity index is 1.63. The van der Waals surface area contributed by atoms with Gasteiger partial charge in [-0.05, 0) is 74.7 Å². The number of aromatic nitrogens is 5. The van der Waals surface area contributed by atoms with Gasteiger partial charge in [0, 0.05) is 23.1 Å². The monoisotopic (exact) mass is 346 g/mol. The molecule has 4 aromatic rings. The zero-order valence-electron chi connectivity index (χ0n) is 15.1. The van der Waals surface area contributed by atoms with E-state index in [1.807, 2.05) is 10.7 Å². The highest BCUT2D eigenvalue weighted by atomic mass is 15.3. The van der Waals surface area contributed by atoms with Crippen molar-refractivity contribution in [3.8, 4) is 11.1 Å². The van der Waals surface area contributed by atoms with Crippen LogP contribution in [-0.2, 0) is 0 Å². The Morgan fingerprint density at radius 3 is 2.77 bits per heavy atom. The van der Waals surface area contributed by atoms with Gasteiger partial charge in [0.05, 0.1) is 11.2 Å². The third-order valence-electron chi connectivity index (χ3n) is 5.53. The topological polar surface area (TPSA) is 70.9 Å². The van der Waals surface area contributed by atoms with Crippen molar-refractivity contribution in [2.75, 3.05) is 13.1 Å². The average molecular weight is 346 g/mol. The number of aryl methyl sites for hydroxylation is 2. The summed E-state index contributed by atoms with van der Waals surface area (Å²) in [6.45, 7) is 6.40. The van der Waals surface area contributed by atoms with Crippen molar-refractivity contribution >= 4 is 16.6 Å². The maximum Gasteiger partial charge on any atom is 0.158 e. The van der Waals surface area contributed by atoms with E-state index in [4.69, 9.17) is 0 Å². The minimum Gasteiger partial charge on any atom is -0.317 e. The van der Waals surface area contributed by atoms with Crippen LogP contribution in [-0.4, -0.2) is 37.9 Å². The van der Waals surface area contributed by atoms with E-state index in [1.54, 1.807) is 6.33 Å². The Bertz CT molecular complexity index is 1100. The molecular formula is C20H22N6. The molecule has 6 heteroatoms. The number of hydrogen-bond acceptors (Lipinski definition) is 4. The SMILES string of the molecule is Cc1cc2c(C3CCNCC3)n[nH]c2cc1-c1cc(C)c2ncnn2c1. The minimum absolute atomic E-state index is 0.545. The summed E-state index contributed by atoms with van der Waals surface area (Å²) >= 11 is 0. The van der Waals surface area contributed by atoms with Crippen LogP contribution in [0, 0.1) is 13.8 Å². The van der Waals surface area contributed by atoms with Crippen molar-refractivity contribution in [2.24, 2.45) is 0 Å². The molecule has 6 nitrogen and oxygen atoms in total. The number of H-pyrrole nitrogens is 1. The zero-order chi connectivity index (χ0) is 17.7. The minimum atomic E-state index is 0.545. The summed E-state index contributed by atoms with van der Waals surface area (Å²) in [7, 11) is 0. The van der Waals surface area contributed by atoms with Crippen LogP contribution in [0.2, 0.25) is 0 Å². The van der Waals surface area contributed by atoms with E-state index < -0.39 is 0 Å². The lowest BCUT2D eigenvalue weighted by Gasteiger charge is -2.21. The molecule has 4 heterocycles. The lowest BCUT2D eigenvalue weighted by atomic mass is 9.91. The van der Waals surface area contributed by atoms with Crippen LogP contribution in [0.25, 0.3) is 27.7 Å². The number of fused-ring (bicyclic) bond motifs is 2. The molecule has 3 aromatic heterocycles. The van der Waals surface area contributed by atoms with Crippen LogP contribution >= 0.6 is 0 Å². The van der Waals surface area contributed by atoms with Gasteiger partial charge in [-0.3, -0.25) is 5.10 Å². The van der Waals surface area contributed by atoms with Gasteiger partial charge in [-0.1, -0.05) is 0 Å². The van der Waals surface area contributed by atoms with Crippen LogP contribution in [0.1, 0.15) is 35.6 Å². The summed E-state index contributed by atoms with van der Waals surface area (Å²) in [5.74, 6) is 0.545. The van der Waals surface area contributed by atoms with Crippen LogP contribution in [0.4, 0.5) is 0 Å². The summed E-state index contributed by atoms with van der Waals surface area (Å²) < 4.78 is 1.85. The van der Waals surface area contributed by atoms with Crippen molar-refractivity contribution in [1.29, 1.82) is 0 Å². The van der Waals surface area contributed by atoms with E-state index in [0.29, 0.717) is 5.92 Å². The molecule has 0 amide bonds. The first kappa shape index (κ1) is 15.5. The molecule has 0 aliphatic carbocycles. The van der Waals surface area contributed by atoms with E-state index in [2.05, 4.69) is 57.6 Å². The molecule has 1 aliphatic heterocycles. The number of nitrogens with one attached hydrogen (secondary N) is 2. The van der Waals surface area contributed by atoms with Crippen molar-refractivity contribution in [1.82, 2.24) is 30.1 Å². The molecule has 26 heavy (non-hydrogen) atoms. The number of rotatable bonds is 2. The molecule has 1 aromatic carbocycles. The molecular weight excluding hydrogens is 324 g/mol. The van der Waals surface area contributed by atoms with Crippen LogP contribution in [0.3, 0.4) is 0 Å². The molecule has 0 unspecified atom stereocenters. The Morgan fingerprint density at radius 1 is 1.08 bits per heavy atom. The van der Waals surface area contributed by atoms with Gasteiger partial charge in [0.25, 0.3) is 0 Å². The maximum atomic E-state index is 4.67. The van der Waals surface area contributed by atoms with Gasteiger partial charge in [0.1, 0.15) is 6.33 Å². The molecule has 2 N–H and O–H groups in total. The number of nitrogens with zero attached hydrogens (tertiary/aromatic N) is 4. The molecule has 1 aliphatic rings. The summed E-state index contributed by atoms with van der Waals surface area (Å²) in [6, 6.07) is 6.69. The Hall–Kier alpha value is -2.73. The van der Waals surface area contributed by atoms with Crippen molar-refractivity contribution < 1.29 is 0 Å². The summed E-state index contributed by atoms with van der Waals surface area (Å²) in [5, 5.41) is 16.9. The van der Waals surface area contributed by atoms with E-state index in [0.717, 1.165) is 48.2 Å². The van der Waals surface area contributed by atoms with Crippen LogP contribution < -0.4 is 5.32 Å². The zero-order valence-corrected chi connectivity index (χ0v) is 15.1. The Labute approximate surface area is 151 Å². The van der Waals surface area contributed by atoms with Crippen molar-refractivity contribution in [3.05, 3.63) is 47.5 Å². The predicted molar refractivity (Wildman–Crippen MR) is 102 cm³/mol. The second kappa shape index (κ2) is 5.92. The van der Waals surface area contributed by atoms with Gasteiger partial charge < -0.3 is 5.32 Å². The first-order chi connectivity index (χ1) is 12.7. The maximum absolute atomic E-state index is 4.67. The third-order valence-corrected chi connectivity index (χ3v) is 5.53. The molecule has 0 atom stereocenters. The number of aromatic amines is 1. The van der Waals surface area contributed by atoms with Crippen LogP contribution in [0.5, 0.6) is 0 Å². The average Bonchev–Trinajstić information content (AvgIpc) is 3.28. The quantitative estimate of drug-likeness (QED) is 0.584. The normalized spacial score (nSPS) is 15.9. The van der Waals surface area contributed by atoms with E-state index in [9.17, 15) is 0 Å². The first-order valence-corrected chi connectivity index (χ1v) is 9.20. The van der Waals surface area contributed by atoms with Crippen LogP contribution in [0.15, 0.2) is 30.7 Å². The van der Waals surface area contributed by atoms with Gasteiger partial charge in [-0.2, -0.15) is 10.2 Å². The van der Waals surface area contributed by atoms with Crippen molar-refractivity contribution in [3.63, 3.8) is 0 Å². The standard InChI is InChI=1S/C20H22N6/c1-12-8-17-18(24-25-19(17)14-3-5-21-6-4-14)9-16(12)15-7-13(2)20-22-11-23-26(20)10-15/h7-11,14,21H,3-6H2,1-2H3,(H,24,25). The number of pyridine rings is 1. The molecule has 5 rings (SSSR count). The highest BCUT2D eigenvalue weighted by molar-refractivity contribution is 5.88. The molecule has 1 saturated heterocycles. The van der Waals surface area contributed by atoms with Gasteiger partial charge in [-0.25, -0.2) is 9.50 Å². The summed E-state index contributed by atoms with van der Waals surface area (Å²) in [4.78, 5) is 4.31. The predicted octanol–water partition coefficient (Wildman–Crippen LogP) is 3.36. The smallest absolute Gasteiger partial charge is 0.158 e. The van der Waals surface area contributed by atoms with E-state index >= 15 is 0 Å². The highest BCUT2D eigenvalue weighted by Crippen LogP contribution is 2.34. The molecule has 132 valence electrons. The second-order valence-corrected chi connectivity index (χ2v) is 7.29. The molecule has 0 bridgehead atoms. The highest BCUT2D eigenvalue weighted by Gasteiger charge is 2.21. The second-order valence-electron chi connectivity index (χ2n) is 7.29. The Kier molecular flexibility index (Phi) is 3.53. The fourth-order valence-corrected chi connectivity index (χ4v) is 4.15. The first-order valence-electron chi connectivity index (χ1n) is 9.20. The summed E-state index contributed by atoms with van der Waals surface area (Å²) in [6.07, 6.45) is 5.96. The van der Waals surface area contributed by atoms with Crippen molar-refractivity contribution in [2.45, 2.75) is 32.6 Å². The molecule has 0 radical (unpaired) electrons. The van der Waals surface area contributed by atoms with Gasteiger partial charge in [0.2, 0.25) is 0 Å². The van der Waals surface area contributed by atoms with Gasteiger partial charge in [0.15, 0.2) is 5.65 Å². The number of piperidine rings is 1. The molecule has 1 fully saturated rings. The Morgan fingerprint density at radius 2 is 1.92 bits per heavy atom. The fourth-order valence-electron chi connectivity index (χ4n) is 4.15. The lowest BCUT2D eigenvalue weighted by Crippen LogP contribution is -2.26. The fraction of sp³-hybridized carbons (Fsp3) is 0.350. The lowest BCUT2D eigenvalue weighted by molar-refractivity contribution is 0.454. The molecule has 0 saturated carbocycles. The largest absolute Gasteiger partial charge is 0.317 e. The number of benzene rings is 1. The van der Waals surface area contributed by atoms with Gasteiger partial charge >= 0.3 is 0 Å². The summed E-state index contributed by atoms with van der Waals surface area (Å²) in [5.41, 5.74) is 7.97. The third kappa shape index (κ3) is 2.41. The number of hydrogen-bond donors (Lipinski definition) is 2.